The minimum Gasteiger partial charge on any atom is -0.490 e. The lowest BCUT2D eigenvalue weighted by Gasteiger charge is -2.37. The quantitative estimate of drug-likeness (QED) is 0.263. The first-order chi connectivity index (χ1) is 18.3. The van der Waals surface area contributed by atoms with Gasteiger partial charge in [0.2, 0.25) is 0 Å². The molecule has 2 aromatic carbocycles. The first kappa shape index (κ1) is 27.7. The minimum atomic E-state index is -1.10. The number of aliphatic carboxylic acids is 1. The van der Waals surface area contributed by atoms with E-state index < -0.39 is 12.0 Å². The second-order valence-corrected chi connectivity index (χ2v) is 10.2. The maximum Gasteiger partial charge on any atom is 0.335 e. The van der Waals surface area contributed by atoms with E-state index in [1.54, 1.807) is 43.3 Å². The van der Waals surface area contributed by atoms with E-state index in [0.717, 1.165) is 18.6 Å². The van der Waals surface area contributed by atoms with Crippen LogP contribution in [0.3, 0.4) is 0 Å². The van der Waals surface area contributed by atoms with Crippen molar-refractivity contribution in [1.82, 2.24) is 15.5 Å². The average Bonchev–Trinajstić information content (AvgIpc) is 2.90. The zero-order valence-corrected chi connectivity index (χ0v) is 22.3. The van der Waals surface area contributed by atoms with Crippen LogP contribution in [-0.4, -0.2) is 53.5 Å². The van der Waals surface area contributed by atoms with Crippen molar-refractivity contribution in [2.75, 3.05) is 19.6 Å². The number of rotatable bonds is 11. The predicted molar refractivity (Wildman–Crippen MR) is 146 cm³/mol. The fourth-order valence-corrected chi connectivity index (χ4v) is 5.28. The average molecular weight is 540 g/mol. The van der Waals surface area contributed by atoms with Gasteiger partial charge in [-0.2, -0.15) is 0 Å². The number of amides is 2. The molecule has 0 aromatic heterocycles. The van der Waals surface area contributed by atoms with E-state index in [-0.39, 0.29) is 30.0 Å². The number of carbonyl (C=O) groups excluding carboxylic acids is 2. The van der Waals surface area contributed by atoms with Crippen LogP contribution in [0.2, 0.25) is 5.02 Å². The molecule has 0 radical (unpaired) electrons. The molecular weight excluding hydrogens is 506 g/mol. The zero-order valence-electron chi connectivity index (χ0n) is 21.5. The fraction of sp³-hybridized carbons (Fsp3) is 0.414. The van der Waals surface area contributed by atoms with Crippen LogP contribution >= 0.6 is 11.6 Å². The van der Waals surface area contributed by atoms with Crippen LogP contribution in [-0.2, 0) is 4.79 Å². The summed E-state index contributed by atoms with van der Waals surface area (Å²) in [7, 11) is 0. The molecule has 202 valence electrons. The molecule has 0 saturated heterocycles. The van der Waals surface area contributed by atoms with E-state index in [9.17, 15) is 19.5 Å². The number of hydrogen-bond acceptors (Lipinski definition) is 5. The van der Waals surface area contributed by atoms with E-state index in [0.29, 0.717) is 41.4 Å². The number of nitrogens with one attached hydrogen (secondary N) is 2. The number of ketones is 1. The van der Waals surface area contributed by atoms with Gasteiger partial charge in [0.05, 0.1) is 24.3 Å². The maximum atomic E-state index is 12.8. The van der Waals surface area contributed by atoms with Gasteiger partial charge in [0.15, 0.2) is 5.78 Å². The van der Waals surface area contributed by atoms with Crippen LogP contribution in [0, 0.1) is 0 Å². The summed E-state index contributed by atoms with van der Waals surface area (Å²) in [6.45, 7) is 2.51. The largest absolute Gasteiger partial charge is 0.490 e. The van der Waals surface area contributed by atoms with Gasteiger partial charge in [0, 0.05) is 22.8 Å². The van der Waals surface area contributed by atoms with Crippen molar-refractivity contribution in [1.29, 1.82) is 0 Å². The Morgan fingerprint density at radius 2 is 1.87 bits per heavy atom. The smallest absolute Gasteiger partial charge is 0.335 e. The van der Waals surface area contributed by atoms with Crippen molar-refractivity contribution in [2.45, 2.75) is 57.6 Å². The van der Waals surface area contributed by atoms with Crippen LogP contribution in [0.15, 0.2) is 59.8 Å². The lowest BCUT2D eigenvalue weighted by molar-refractivity contribution is -0.133. The van der Waals surface area contributed by atoms with Gasteiger partial charge in [-0.3, -0.25) is 4.79 Å². The number of hydrogen-bond donors (Lipinski definition) is 3. The van der Waals surface area contributed by atoms with Gasteiger partial charge in [0.1, 0.15) is 5.75 Å². The molecule has 1 heterocycles. The maximum absolute atomic E-state index is 12.8. The molecule has 9 heteroatoms. The standard InChI is InChI=1S/C29H34ClN3O5/c1-19-26(28(35)36)27(21-7-5-8-22(30)17-21)33(29(37)32-19)16-6-15-31-18-25(34)20-11-13-24(14-12-20)38-23-9-3-2-4-10-23/h5,7-8,11-14,17,23,27,31H,2-4,6,9-10,15-16,18H2,1H3,(H,32,37)(H,35,36). The summed E-state index contributed by atoms with van der Waals surface area (Å²) >= 11 is 6.16. The number of ether oxygens (including phenoxy) is 1. The molecule has 0 spiro atoms. The monoisotopic (exact) mass is 539 g/mol. The summed E-state index contributed by atoms with van der Waals surface area (Å²) in [4.78, 5) is 39.0. The third-order valence-electron chi connectivity index (χ3n) is 7.01. The van der Waals surface area contributed by atoms with Gasteiger partial charge in [-0.05, 0) is 87.5 Å². The lowest BCUT2D eigenvalue weighted by Crippen LogP contribution is -2.49. The van der Waals surface area contributed by atoms with Crippen LogP contribution in [0.5, 0.6) is 5.75 Å². The van der Waals surface area contributed by atoms with E-state index in [2.05, 4.69) is 10.6 Å². The first-order valence-corrected chi connectivity index (χ1v) is 13.5. The number of carboxylic acids is 1. The molecule has 0 bridgehead atoms. The molecule has 1 aliphatic carbocycles. The van der Waals surface area contributed by atoms with Crippen molar-refractivity contribution in [3.05, 3.63) is 76.0 Å². The lowest BCUT2D eigenvalue weighted by atomic mass is 9.93. The molecule has 4 rings (SSSR count). The van der Waals surface area contributed by atoms with Gasteiger partial charge in [-0.1, -0.05) is 30.2 Å². The fourth-order valence-electron chi connectivity index (χ4n) is 5.08. The molecule has 1 saturated carbocycles. The first-order valence-electron chi connectivity index (χ1n) is 13.1. The topological polar surface area (TPSA) is 108 Å². The molecule has 1 unspecified atom stereocenters. The Hall–Kier alpha value is -3.36. The van der Waals surface area contributed by atoms with Crippen molar-refractivity contribution in [3.63, 3.8) is 0 Å². The Morgan fingerprint density at radius 1 is 1.13 bits per heavy atom. The van der Waals surface area contributed by atoms with E-state index in [4.69, 9.17) is 16.3 Å². The third kappa shape index (κ3) is 6.94. The highest BCUT2D eigenvalue weighted by Gasteiger charge is 2.37. The molecule has 1 aliphatic heterocycles. The number of Topliss-reactive ketones (excluding diaryl/α,β-unsaturated/α-hetero) is 1. The molecular formula is C29H34ClN3O5. The predicted octanol–water partition coefficient (Wildman–Crippen LogP) is 5.34. The Morgan fingerprint density at radius 3 is 2.55 bits per heavy atom. The number of carbonyl (C=O) groups is 3. The molecule has 2 aromatic rings. The molecule has 2 aliphatic rings. The van der Waals surface area contributed by atoms with Gasteiger partial charge in [0.25, 0.3) is 0 Å². The zero-order chi connectivity index (χ0) is 27.1. The molecule has 8 nitrogen and oxygen atoms in total. The summed E-state index contributed by atoms with van der Waals surface area (Å²) in [5, 5.41) is 16.1. The molecule has 38 heavy (non-hydrogen) atoms. The normalized spacial score (nSPS) is 18.3. The summed E-state index contributed by atoms with van der Waals surface area (Å²) in [6.07, 6.45) is 6.62. The van der Waals surface area contributed by atoms with Crippen LogP contribution in [0.1, 0.15) is 67.4 Å². The van der Waals surface area contributed by atoms with Crippen LogP contribution in [0.4, 0.5) is 4.79 Å². The van der Waals surface area contributed by atoms with Gasteiger partial charge in [-0.25, -0.2) is 9.59 Å². The second-order valence-electron chi connectivity index (χ2n) is 9.78. The summed E-state index contributed by atoms with van der Waals surface area (Å²) in [6, 6.07) is 13.0. The Labute approximate surface area is 228 Å². The number of halogens is 1. The summed E-state index contributed by atoms with van der Waals surface area (Å²) in [5.41, 5.74) is 1.65. The molecule has 3 N–H and O–H groups in total. The van der Waals surface area contributed by atoms with Gasteiger partial charge < -0.3 is 25.4 Å². The van der Waals surface area contributed by atoms with E-state index in [1.165, 1.54) is 24.2 Å². The van der Waals surface area contributed by atoms with Crippen LogP contribution < -0.4 is 15.4 Å². The van der Waals surface area contributed by atoms with E-state index in [1.807, 2.05) is 12.1 Å². The Balaban J connectivity index is 1.30. The van der Waals surface area contributed by atoms with Crippen molar-refractivity contribution < 1.29 is 24.2 Å². The minimum absolute atomic E-state index is 0.0338. The van der Waals surface area contributed by atoms with E-state index >= 15 is 0 Å². The van der Waals surface area contributed by atoms with Gasteiger partial charge >= 0.3 is 12.0 Å². The van der Waals surface area contributed by atoms with Gasteiger partial charge in [-0.15, -0.1) is 0 Å². The molecule has 1 atom stereocenters. The highest BCUT2D eigenvalue weighted by Crippen LogP contribution is 2.34. The highest BCUT2D eigenvalue weighted by molar-refractivity contribution is 6.30. The molecule has 2 amide bonds. The number of allylic oxidation sites excluding steroid dienone is 1. The number of urea groups is 1. The number of nitrogens with zero attached hydrogens (tertiary/aromatic N) is 1. The van der Waals surface area contributed by atoms with Crippen molar-refractivity contribution >= 4 is 29.4 Å². The molecule has 1 fully saturated rings. The Bertz CT molecular complexity index is 1190. The number of carboxylic acid groups (broad SMARTS) is 1. The SMILES string of the molecule is CC1=C(C(=O)O)C(c2cccc(Cl)c2)N(CCCNCC(=O)c2ccc(OC3CCCCC3)cc2)C(=O)N1. The van der Waals surface area contributed by atoms with Crippen LogP contribution in [0.25, 0.3) is 0 Å². The highest BCUT2D eigenvalue weighted by atomic mass is 35.5. The van der Waals surface area contributed by atoms with Crippen molar-refractivity contribution in [2.24, 2.45) is 0 Å². The summed E-state index contributed by atoms with van der Waals surface area (Å²) < 4.78 is 6.03. The third-order valence-corrected chi connectivity index (χ3v) is 7.24. The second kappa shape index (κ2) is 12.9. The van der Waals surface area contributed by atoms with Crippen molar-refractivity contribution in [3.8, 4) is 5.75 Å². The Kier molecular flexibility index (Phi) is 9.42. The number of benzene rings is 2. The summed E-state index contributed by atoms with van der Waals surface area (Å²) in [5.74, 6) is -0.342.